The van der Waals surface area contributed by atoms with Crippen molar-refractivity contribution in [2.45, 2.75) is 42.9 Å². The van der Waals surface area contributed by atoms with Gasteiger partial charge in [-0.3, -0.25) is 9.59 Å². The van der Waals surface area contributed by atoms with Crippen LogP contribution in [0.2, 0.25) is 0 Å². The summed E-state index contributed by atoms with van der Waals surface area (Å²) < 4.78 is 27.8. The van der Waals surface area contributed by atoms with E-state index < -0.39 is 28.4 Å². The van der Waals surface area contributed by atoms with Crippen molar-refractivity contribution in [1.29, 1.82) is 0 Å². The molecule has 0 radical (unpaired) electrons. The zero-order chi connectivity index (χ0) is 20.6. The molecule has 1 amide bonds. The number of aliphatic carboxylic acids is 1. The van der Waals surface area contributed by atoms with Crippen molar-refractivity contribution in [3.63, 3.8) is 0 Å². The maximum absolute atomic E-state index is 14.5. The monoisotopic (exact) mass is 399 g/mol. The van der Waals surface area contributed by atoms with Crippen molar-refractivity contribution in [3.05, 3.63) is 71.3 Å². The summed E-state index contributed by atoms with van der Waals surface area (Å²) >= 11 is 0. The van der Waals surface area contributed by atoms with Gasteiger partial charge in [0.15, 0.2) is 0 Å². The van der Waals surface area contributed by atoms with Gasteiger partial charge in [0.05, 0.1) is 10.8 Å². The number of benzene rings is 2. The quantitative estimate of drug-likeness (QED) is 0.845. The van der Waals surface area contributed by atoms with E-state index in [1.165, 1.54) is 12.1 Å². The fourth-order valence-electron chi connectivity index (χ4n) is 4.78. The number of carboxylic acid groups (broad SMARTS) is 1. The molecule has 29 heavy (non-hydrogen) atoms. The van der Waals surface area contributed by atoms with E-state index in [1.807, 2.05) is 30.3 Å². The maximum Gasteiger partial charge on any atom is 0.314 e. The number of carbonyl (C=O) groups is 2. The Morgan fingerprint density at radius 3 is 2.07 bits per heavy atom. The Kier molecular flexibility index (Phi) is 4.89. The first kappa shape index (κ1) is 19.6. The van der Waals surface area contributed by atoms with Crippen molar-refractivity contribution in [2.75, 3.05) is 13.1 Å². The van der Waals surface area contributed by atoms with Gasteiger partial charge in [-0.1, -0.05) is 42.8 Å². The van der Waals surface area contributed by atoms with Gasteiger partial charge in [-0.25, -0.2) is 8.78 Å². The predicted octanol–water partition coefficient (Wildman–Crippen LogP) is 4.03. The number of rotatable bonds is 4. The third kappa shape index (κ3) is 3.11. The average Bonchev–Trinajstić information content (AvgIpc) is 2.69. The van der Waals surface area contributed by atoms with Crippen LogP contribution in [0, 0.1) is 11.6 Å². The molecule has 0 spiro atoms. The van der Waals surface area contributed by atoms with Crippen LogP contribution in [0.25, 0.3) is 0 Å². The Bertz CT molecular complexity index is 932. The van der Waals surface area contributed by atoms with Gasteiger partial charge in [0.1, 0.15) is 11.6 Å². The van der Waals surface area contributed by atoms with Crippen molar-refractivity contribution in [2.24, 2.45) is 0 Å². The molecule has 152 valence electrons. The summed E-state index contributed by atoms with van der Waals surface area (Å²) in [7, 11) is 0. The lowest BCUT2D eigenvalue weighted by Crippen LogP contribution is -2.56. The second-order valence-electron chi connectivity index (χ2n) is 8.11. The number of carboxylic acids is 1. The first-order chi connectivity index (χ1) is 13.9. The maximum atomic E-state index is 14.5. The van der Waals surface area contributed by atoms with Gasteiger partial charge in [-0.05, 0) is 37.3 Å². The van der Waals surface area contributed by atoms with Crippen LogP contribution in [0.1, 0.15) is 43.2 Å². The van der Waals surface area contributed by atoms with Gasteiger partial charge in [0.25, 0.3) is 0 Å². The number of piperidine rings is 1. The van der Waals surface area contributed by atoms with Crippen molar-refractivity contribution < 1.29 is 23.5 Å². The molecular weight excluding hydrogens is 376 g/mol. The summed E-state index contributed by atoms with van der Waals surface area (Å²) in [5, 5.41) is 9.94. The van der Waals surface area contributed by atoms with Gasteiger partial charge in [-0.2, -0.15) is 0 Å². The SMILES string of the molecule is O=C(O)C1(c2ccccc2)CCN(C(=O)C2(c3ccc(F)cc3F)CCC2)CC1. The van der Waals surface area contributed by atoms with Crippen LogP contribution in [0.3, 0.4) is 0 Å². The third-order valence-corrected chi connectivity index (χ3v) is 6.70. The Hall–Kier alpha value is -2.76. The van der Waals surface area contributed by atoms with E-state index in [0.29, 0.717) is 38.8 Å². The van der Waals surface area contributed by atoms with Gasteiger partial charge in [0.2, 0.25) is 5.91 Å². The number of hydrogen-bond acceptors (Lipinski definition) is 2. The van der Waals surface area contributed by atoms with Crippen molar-refractivity contribution >= 4 is 11.9 Å². The lowest BCUT2D eigenvalue weighted by Gasteiger charge is -2.47. The van der Waals surface area contributed by atoms with Gasteiger partial charge in [0, 0.05) is 24.7 Å². The summed E-state index contributed by atoms with van der Waals surface area (Å²) in [6.45, 7) is 0.592. The zero-order valence-electron chi connectivity index (χ0n) is 16.0. The molecule has 4 rings (SSSR count). The first-order valence-electron chi connectivity index (χ1n) is 9.93. The summed E-state index contributed by atoms with van der Waals surface area (Å²) in [5.74, 6) is -2.43. The van der Waals surface area contributed by atoms with Crippen LogP contribution < -0.4 is 0 Å². The summed E-state index contributed by atoms with van der Waals surface area (Å²) in [6.07, 6.45) is 2.46. The van der Waals surface area contributed by atoms with Crippen LogP contribution in [0.15, 0.2) is 48.5 Å². The highest BCUT2D eigenvalue weighted by Gasteiger charge is 2.51. The average molecular weight is 399 g/mol. The minimum absolute atomic E-state index is 0.179. The van der Waals surface area contributed by atoms with Crippen molar-refractivity contribution in [1.82, 2.24) is 4.90 Å². The van der Waals surface area contributed by atoms with E-state index in [1.54, 1.807) is 4.90 Å². The molecule has 2 aromatic rings. The molecule has 0 aromatic heterocycles. The number of hydrogen-bond donors (Lipinski definition) is 1. The van der Waals surface area contributed by atoms with Gasteiger partial charge in [-0.15, -0.1) is 0 Å². The molecule has 2 aromatic carbocycles. The highest BCUT2D eigenvalue weighted by Crippen LogP contribution is 2.47. The van der Waals surface area contributed by atoms with E-state index in [2.05, 4.69) is 0 Å². The van der Waals surface area contributed by atoms with Crippen LogP contribution in [0.4, 0.5) is 8.78 Å². The van der Waals surface area contributed by atoms with Gasteiger partial charge < -0.3 is 10.0 Å². The Morgan fingerprint density at radius 2 is 1.55 bits per heavy atom. The normalized spacial score (nSPS) is 20.0. The zero-order valence-corrected chi connectivity index (χ0v) is 16.0. The molecule has 6 heteroatoms. The van der Waals surface area contributed by atoms with Crippen LogP contribution in [-0.4, -0.2) is 35.0 Å². The molecule has 0 atom stereocenters. The second-order valence-corrected chi connectivity index (χ2v) is 8.11. The Morgan fingerprint density at radius 1 is 0.897 bits per heavy atom. The predicted molar refractivity (Wildman–Crippen MR) is 103 cm³/mol. The third-order valence-electron chi connectivity index (χ3n) is 6.70. The number of likely N-dealkylation sites (tertiary alicyclic amines) is 1. The highest BCUT2D eigenvalue weighted by atomic mass is 19.1. The van der Waals surface area contributed by atoms with Crippen LogP contribution in [0.5, 0.6) is 0 Å². The van der Waals surface area contributed by atoms with E-state index in [4.69, 9.17) is 0 Å². The van der Waals surface area contributed by atoms with E-state index in [0.717, 1.165) is 18.1 Å². The summed E-state index contributed by atoms with van der Waals surface area (Å²) in [4.78, 5) is 27.2. The van der Waals surface area contributed by atoms with E-state index in [-0.39, 0.29) is 11.5 Å². The molecule has 1 saturated carbocycles. The fourth-order valence-corrected chi connectivity index (χ4v) is 4.78. The number of amides is 1. The van der Waals surface area contributed by atoms with E-state index >= 15 is 0 Å². The van der Waals surface area contributed by atoms with E-state index in [9.17, 15) is 23.5 Å². The Balaban J connectivity index is 1.58. The molecule has 1 heterocycles. The standard InChI is InChI=1S/C23H23F2NO3/c24-17-7-8-18(19(25)15-17)23(9-4-10-23)20(27)26-13-11-22(12-14-26,21(28)29)16-5-2-1-3-6-16/h1-3,5-8,15H,4,9-14H2,(H,28,29). The molecule has 2 aliphatic rings. The minimum atomic E-state index is -1.02. The molecule has 4 nitrogen and oxygen atoms in total. The smallest absolute Gasteiger partial charge is 0.314 e. The highest BCUT2D eigenvalue weighted by molar-refractivity contribution is 5.90. The van der Waals surface area contributed by atoms with Crippen molar-refractivity contribution in [3.8, 4) is 0 Å². The number of halogens is 2. The molecule has 1 aliphatic heterocycles. The fraction of sp³-hybridized carbons (Fsp3) is 0.391. The lowest BCUT2D eigenvalue weighted by atomic mass is 9.62. The van der Waals surface area contributed by atoms with Gasteiger partial charge >= 0.3 is 5.97 Å². The molecule has 0 unspecified atom stereocenters. The molecule has 1 N–H and O–H groups in total. The first-order valence-corrected chi connectivity index (χ1v) is 9.93. The number of nitrogens with zero attached hydrogens (tertiary/aromatic N) is 1. The molecule has 1 aliphatic carbocycles. The lowest BCUT2D eigenvalue weighted by molar-refractivity contribution is -0.151. The second kappa shape index (κ2) is 7.25. The number of carbonyl (C=O) groups excluding carboxylic acids is 1. The van der Waals surface area contributed by atoms with Crippen LogP contribution >= 0.6 is 0 Å². The summed E-state index contributed by atoms with van der Waals surface area (Å²) in [5.41, 5.74) is -1.00. The van der Waals surface area contributed by atoms with Crippen LogP contribution in [-0.2, 0) is 20.4 Å². The summed E-state index contributed by atoms with van der Waals surface area (Å²) in [6, 6.07) is 12.5. The molecule has 2 fully saturated rings. The minimum Gasteiger partial charge on any atom is -0.481 e. The molecule has 0 bridgehead atoms. The molecule has 1 saturated heterocycles. The topological polar surface area (TPSA) is 57.6 Å². The molecular formula is C23H23F2NO3. The Labute approximate surface area is 168 Å². The largest absolute Gasteiger partial charge is 0.481 e.